The normalized spacial score (nSPS) is 14.8. The van der Waals surface area contributed by atoms with Crippen molar-refractivity contribution in [2.45, 2.75) is 64.5 Å². The van der Waals surface area contributed by atoms with Crippen LogP contribution in [0.4, 0.5) is 11.6 Å². The first-order chi connectivity index (χ1) is 16.4. The maximum Gasteiger partial charge on any atom is 0.326 e. The third-order valence-electron chi connectivity index (χ3n) is 6.29. The molecule has 1 aliphatic rings. The lowest BCUT2D eigenvalue weighted by atomic mass is 10.1. The van der Waals surface area contributed by atoms with Crippen LogP contribution in [-0.4, -0.2) is 71.4 Å². The number of aromatic nitrogens is 2. The predicted molar refractivity (Wildman–Crippen MR) is 136 cm³/mol. The quantitative estimate of drug-likeness (QED) is 0.360. The number of nitrogens with zero attached hydrogens (tertiary/aromatic N) is 3. The van der Waals surface area contributed by atoms with Gasteiger partial charge in [-0.3, -0.25) is 0 Å². The third kappa shape index (κ3) is 8.25. The van der Waals surface area contributed by atoms with Crippen LogP contribution < -0.4 is 10.6 Å². The summed E-state index contributed by atoms with van der Waals surface area (Å²) in [6.45, 7) is 7.34. The van der Waals surface area contributed by atoms with Crippen molar-refractivity contribution in [1.29, 1.82) is 0 Å². The number of carboxylic acids is 1. The highest BCUT2D eigenvalue weighted by Crippen LogP contribution is 2.20. The van der Waals surface area contributed by atoms with E-state index in [0.29, 0.717) is 18.8 Å². The van der Waals surface area contributed by atoms with Gasteiger partial charge in [0.25, 0.3) is 0 Å². The monoisotopic (exact) mass is 469 g/mol. The Labute approximate surface area is 203 Å². The van der Waals surface area contributed by atoms with E-state index < -0.39 is 12.0 Å². The molecule has 0 aromatic carbocycles. The molecule has 0 bridgehead atoms. The van der Waals surface area contributed by atoms with Crippen molar-refractivity contribution in [3.05, 3.63) is 47.3 Å². The van der Waals surface area contributed by atoms with Crippen molar-refractivity contribution < 1.29 is 14.6 Å². The van der Waals surface area contributed by atoms with Gasteiger partial charge < -0.3 is 25.4 Å². The van der Waals surface area contributed by atoms with E-state index in [-0.39, 0.29) is 6.10 Å². The Kier molecular flexibility index (Phi) is 10.1. The van der Waals surface area contributed by atoms with E-state index in [1.807, 2.05) is 26.0 Å². The number of rotatable bonds is 14. The molecule has 0 saturated heterocycles. The summed E-state index contributed by atoms with van der Waals surface area (Å²) in [6.07, 6.45) is 7.59. The van der Waals surface area contributed by atoms with Crippen molar-refractivity contribution in [2.75, 3.05) is 43.9 Å². The molecule has 0 fully saturated rings. The Hall–Kier alpha value is -2.71. The summed E-state index contributed by atoms with van der Waals surface area (Å²) in [5, 5.41) is 16.2. The van der Waals surface area contributed by atoms with Crippen molar-refractivity contribution in [1.82, 2.24) is 14.9 Å². The zero-order valence-electron chi connectivity index (χ0n) is 20.7. The lowest BCUT2D eigenvalue weighted by molar-refractivity contribution is -0.138. The number of fused-ring (bicyclic) bond motifs is 1. The Balaban J connectivity index is 1.49. The van der Waals surface area contributed by atoms with Gasteiger partial charge >= 0.3 is 5.97 Å². The molecule has 2 aromatic rings. The topological polar surface area (TPSA) is 99.6 Å². The number of unbranched alkanes of at least 4 members (excludes halogenated alkanes) is 1. The Morgan fingerprint density at radius 2 is 2.12 bits per heavy atom. The van der Waals surface area contributed by atoms with Gasteiger partial charge in [-0.25, -0.2) is 14.8 Å². The molecule has 3 N–H and O–H groups in total. The SMILES string of the molecule is CO[C@H](C)CN(CCCCc1ccc2c(n1)NCCC2)CC[C@H](Nc1ccc(C)cn1)C(=O)O. The van der Waals surface area contributed by atoms with Crippen LogP contribution in [0, 0.1) is 6.92 Å². The van der Waals surface area contributed by atoms with E-state index in [0.717, 1.165) is 62.4 Å². The molecular weight excluding hydrogens is 430 g/mol. The fourth-order valence-corrected chi connectivity index (χ4v) is 4.18. The molecule has 0 radical (unpaired) electrons. The standard InChI is InChI=1S/C26H39N5O3/c1-19-9-12-24(28-17-19)30-23(26(32)33)13-16-31(18-20(2)34-3)15-5-4-8-22-11-10-21-7-6-14-27-25(21)29-22/h9-12,17,20,23H,4-8,13-16,18H2,1-3H3,(H,27,29)(H,28,30)(H,32,33)/t20-,23+/m1/s1. The van der Waals surface area contributed by atoms with Gasteiger partial charge in [0.15, 0.2) is 0 Å². The second kappa shape index (κ2) is 13.2. The number of ether oxygens (including phenoxy) is 1. The minimum Gasteiger partial charge on any atom is -0.480 e. The van der Waals surface area contributed by atoms with Crippen LogP contribution in [-0.2, 0) is 22.4 Å². The summed E-state index contributed by atoms with van der Waals surface area (Å²) in [4.78, 5) is 23.2. The van der Waals surface area contributed by atoms with Gasteiger partial charge in [0.05, 0.1) is 6.10 Å². The minimum atomic E-state index is -0.866. The van der Waals surface area contributed by atoms with Gasteiger partial charge in [-0.2, -0.15) is 0 Å². The highest BCUT2D eigenvalue weighted by atomic mass is 16.5. The lowest BCUT2D eigenvalue weighted by Gasteiger charge is -2.26. The van der Waals surface area contributed by atoms with Crippen molar-refractivity contribution in [2.24, 2.45) is 0 Å². The first-order valence-corrected chi connectivity index (χ1v) is 12.3. The molecule has 0 unspecified atom stereocenters. The van der Waals surface area contributed by atoms with Crippen LogP contribution in [0.25, 0.3) is 0 Å². The fourth-order valence-electron chi connectivity index (χ4n) is 4.18. The van der Waals surface area contributed by atoms with E-state index in [1.165, 1.54) is 12.0 Å². The van der Waals surface area contributed by atoms with E-state index >= 15 is 0 Å². The van der Waals surface area contributed by atoms with Gasteiger partial charge in [-0.05, 0) is 82.2 Å². The number of carboxylic acid groups (broad SMARTS) is 1. The summed E-state index contributed by atoms with van der Waals surface area (Å²) in [5.74, 6) is 0.769. The average molecular weight is 470 g/mol. The molecule has 0 saturated carbocycles. The molecule has 2 aromatic heterocycles. The Bertz CT molecular complexity index is 906. The number of aliphatic carboxylic acids is 1. The first-order valence-electron chi connectivity index (χ1n) is 12.3. The second-order valence-corrected chi connectivity index (χ2v) is 9.19. The highest BCUT2D eigenvalue weighted by Gasteiger charge is 2.20. The minimum absolute atomic E-state index is 0.0865. The number of methoxy groups -OCH3 is 1. The molecule has 3 rings (SSSR count). The molecule has 186 valence electrons. The lowest BCUT2D eigenvalue weighted by Crippen LogP contribution is -2.38. The predicted octanol–water partition coefficient (Wildman–Crippen LogP) is 3.76. The van der Waals surface area contributed by atoms with Gasteiger partial charge in [-0.15, -0.1) is 0 Å². The Morgan fingerprint density at radius 1 is 1.26 bits per heavy atom. The number of anilines is 2. The van der Waals surface area contributed by atoms with Crippen LogP contribution in [0.5, 0.6) is 0 Å². The van der Waals surface area contributed by atoms with E-state index in [2.05, 4.69) is 32.7 Å². The van der Waals surface area contributed by atoms with E-state index in [9.17, 15) is 9.90 Å². The second-order valence-electron chi connectivity index (χ2n) is 9.19. The number of pyridine rings is 2. The molecule has 34 heavy (non-hydrogen) atoms. The third-order valence-corrected chi connectivity index (χ3v) is 6.29. The number of hydrogen-bond donors (Lipinski definition) is 3. The largest absolute Gasteiger partial charge is 0.480 e. The molecule has 8 nitrogen and oxygen atoms in total. The van der Waals surface area contributed by atoms with Gasteiger partial charge in [0.1, 0.15) is 17.7 Å². The van der Waals surface area contributed by atoms with Crippen LogP contribution in [0.15, 0.2) is 30.5 Å². The number of hydrogen-bond acceptors (Lipinski definition) is 7. The smallest absolute Gasteiger partial charge is 0.326 e. The van der Waals surface area contributed by atoms with Crippen LogP contribution in [0.2, 0.25) is 0 Å². The molecular formula is C26H39N5O3. The zero-order chi connectivity index (χ0) is 24.3. The summed E-state index contributed by atoms with van der Waals surface area (Å²) < 4.78 is 5.47. The first kappa shape index (κ1) is 25.9. The molecule has 1 aliphatic heterocycles. The van der Waals surface area contributed by atoms with Crippen LogP contribution in [0.1, 0.15) is 49.4 Å². The molecule has 3 heterocycles. The van der Waals surface area contributed by atoms with Crippen molar-refractivity contribution in [3.63, 3.8) is 0 Å². The summed E-state index contributed by atoms with van der Waals surface area (Å²) in [6, 6.07) is 7.41. The van der Waals surface area contributed by atoms with E-state index in [4.69, 9.17) is 9.72 Å². The molecule has 2 atom stereocenters. The van der Waals surface area contributed by atoms with Crippen molar-refractivity contribution >= 4 is 17.6 Å². The average Bonchev–Trinajstić information content (AvgIpc) is 2.84. The van der Waals surface area contributed by atoms with Crippen LogP contribution >= 0.6 is 0 Å². The molecule has 0 amide bonds. The number of aryl methyl sites for hydroxylation is 3. The number of carbonyl (C=O) groups is 1. The summed E-state index contributed by atoms with van der Waals surface area (Å²) in [7, 11) is 1.71. The molecule has 0 aliphatic carbocycles. The van der Waals surface area contributed by atoms with Gasteiger partial charge in [0, 0.05) is 38.6 Å². The number of nitrogens with one attached hydrogen (secondary N) is 2. The van der Waals surface area contributed by atoms with Crippen molar-refractivity contribution in [3.8, 4) is 0 Å². The maximum atomic E-state index is 11.8. The van der Waals surface area contributed by atoms with Gasteiger partial charge in [0.2, 0.25) is 0 Å². The maximum absolute atomic E-state index is 11.8. The van der Waals surface area contributed by atoms with Crippen LogP contribution in [0.3, 0.4) is 0 Å². The van der Waals surface area contributed by atoms with E-state index in [1.54, 1.807) is 13.3 Å². The highest BCUT2D eigenvalue weighted by molar-refractivity contribution is 5.76. The zero-order valence-corrected chi connectivity index (χ0v) is 20.7. The molecule has 0 spiro atoms. The summed E-state index contributed by atoms with van der Waals surface area (Å²) >= 11 is 0. The molecule has 8 heteroatoms. The Morgan fingerprint density at radius 3 is 2.85 bits per heavy atom. The van der Waals surface area contributed by atoms with Gasteiger partial charge in [-0.1, -0.05) is 12.1 Å². The summed E-state index contributed by atoms with van der Waals surface area (Å²) in [5.41, 5.74) is 3.49. The fraction of sp³-hybridized carbons (Fsp3) is 0.577.